The number of hydrogen-bond acceptors (Lipinski definition) is 5. The van der Waals surface area contributed by atoms with Crippen molar-refractivity contribution in [1.29, 1.82) is 0 Å². The molecule has 1 heterocycles. The first kappa shape index (κ1) is 25.0. The lowest BCUT2D eigenvalue weighted by Gasteiger charge is -2.31. The second kappa shape index (κ2) is 9.34. The molecule has 12 heteroatoms. The highest BCUT2D eigenvalue weighted by atomic mass is 32.2. The van der Waals surface area contributed by atoms with Crippen LogP contribution in [0.3, 0.4) is 0 Å². The molecular weight excluding hydrogens is 461 g/mol. The number of aliphatic carboxylic acids is 1. The molecule has 0 amide bonds. The molecule has 182 valence electrons. The summed E-state index contributed by atoms with van der Waals surface area (Å²) in [4.78, 5) is 12.3. The Hall–Kier alpha value is -2.60. The normalized spacial score (nSPS) is 16.6. The molecule has 0 aliphatic heterocycles. The van der Waals surface area contributed by atoms with E-state index in [1.54, 1.807) is 18.7 Å². The Morgan fingerprint density at radius 1 is 1.24 bits per heavy atom. The van der Waals surface area contributed by atoms with Crippen LogP contribution in [0.1, 0.15) is 49.6 Å². The molecule has 1 aliphatic rings. The maximum atomic E-state index is 13.6. The minimum atomic E-state index is -4.71. The van der Waals surface area contributed by atoms with Gasteiger partial charge < -0.3 is 10.0 Å². The number of hydrogen-bond donors (Lipinski definition) is 1. The smallest absolute Gasteiger partial charge is 0.416 e. The van der Waals surface area contributed by atoms with Crippen molar-refractivity contribution < 1.29 is 31.5 Å². The van der Waals surface area contributed by atoms with E-state index in [2.05, 4.69) is 5.10 Å². The molecule has 0 spiro atoms. The second-order valence-corrected chi connectivity index (χ2v) is 9.91. The fourth-order valence-electron chi connectivity index (χ4n) is 4.24. The van der Waals surface area contributed by atoms with Crippen molar-refractivity contribution >= 4 is 21.7 Å². The van der Waals surface area contributed by atoms with Crippen LogP contribution >= 0.6 is 0 Å². The Kier molecular flexibility index (Phi) is 7.08. The number of alkyl halides is 3. The number of carboxylic acids is 1. The third-order valence-electron chi connectivity index (χ3n) is 5.98. The third kappa shape index (κ3) is 5.01. The summed E-state index contributed by atoms with van der Waals surface area (Å²) in [6.07, 6.45) is -1.67. The van der Waals surface area contributed by atoms with Gasteiger partial charge in [-0.2, -0.15) is 22.6 Å². The Morgan fingerprint density at radius 3 is 2.48 bits per heavy atom. The summed E-state index contributed by atoms with van der Waals surface area (Å²) in [5, 5.41) is 13.2. The first-order chi connectivity index (χ1) is 15.4. The minimum Gasteiger partial charge on any atom is -0.480 e. The van der Waals surface area contributed by atoms with Crippen LogP contribution in [0.5, 0.6) is 0 Å². The summed E-state index contributed by atoms with van der Waals surface area (Å²) in [7, 11) is -2.96. The van der Waals surface area contributed by atoms with Crippen molar-refractivity contribution in [1.82, 2.24) is 14.1 Å². The van der Waals surface area contributed by atoms with Gasteiger partial charge in [-0.3, -0.25) is 9.48 Å². The average molecular weight is 489 g/mol. The molecule has 0 saturated heterocycles. The molecule has 0 saturated carbocycles. The second-order valence-electron chi connectivity index (χ2n) is 7.91. The van der Waals surface area contributed by atoms with E-state index in [4.69, 9.17) is 5.11 Å². The Morgan fingerprint density at radius 2 is 1.91 bits per heavy atom. The first-order valence-corrected chi connectivity index (χ1v) is 12.1. The molecule has 0 unspecified atom stereocenters. The topological polar surface area (TPSA) is 95.7 Å². The summed E-state index contributed by atoms with van der Waals surface area (Å²) in [5.41, 5.74) is 0.353. The summed E-state index contributed by atoms with van der Waals surface area (Å²) >= 11 is 0. The summed E-state index contributed by atoms with van der Waals surface area (Å²) < 4.78 is 70.1. The number of halogens is 3. The van der Waals surface area contributed by atoms with E-state index in [0.717, 1.165) is 10.4 Å². The number of rotatable bonds is 8. The van der Waals surface area contributed by atoms with E-state index in [1.807, 2.05) is 0 Å². The lowest BCUT2D eigenvalue weighted by molar-refractivity contribution is -0.138. The van der Waals surface area contributed by atoms with Crippen molar-refractivity contribution in [3.05, 3.63) is 41.2 Å². The molecule has 1 N–H and O–H groups in total. The van der Waals surface area contributed by atoms with Gasteiger partial charge in [0.25, 0.3) is 0 Å². The van der Waals surface area contributed by atoms with E-state index >= 15 is 0 Å². The lowest BCUT2D eigenvalue weighted by Crippen LogP contribution is -2.34. The maximum Gasteiger partial charge on any atom is 0.416 e. The van der Waals surface area contributed by atoms with E-state index in [1.165, 1.54) is 24.0 Å². The number of fused-ring (bicyclic) bond motifs is 1. The molecule has 8 nitrogen and oxygen atoms in total. The van der Waals surface area contributed by atoms with Crippen molar-refractivity contribution in [2.24, 2.45) is 0 Å². The zero-order chi connectivity index (χ0) is 24.6. The van der Waals surface area contributed by atoms with Crippen molar-refractivity contribution in [2.45, 2.75) is 56.8 Å². The quantitative estimate of drug-likeness (QED) is 0.611. The fraction of sp³-hybridized carbons (Fsp3) is 0.524. The highest BCUT2D eigenvalue weighted by Gasteiger charge is 2.37. The van der Waals surface area contributed by atoms with E-state index in [0.29, 0.717) is 49.7 Å². The van der Waals surface area contributed by atoms with Gasteiger partial charge in [0.15, 0.2) is 0 Å². The van der Waals surface area contributed by atoms with Crippen LogP contribution in [0.15, 0.2) is 29.3 Å². The standard InChI is InChI=1S/C21H27F3N4O4S/c1-4-27(5-2)15-9-14(21(22,23)24)10-16(11-15)33(31,32)26(3)18-7-6-8-19-17(18)12-25-28(19)13-20(29)30/h9-12,18H,4-8,13H2,1-3H3,(H,29,30)/t18-/m1/s1. The number of carbonyl (C=O) groups is 1. The number of aromatic nitrogens is 2. The van der Waals surface area contributed by atoms with Crippen LogP contribution in [-0.2, 0) is 34.0 Å². The molecule has 3 rings (SSSR count). The zero-order valence-electron chi connectivity index (χ0n) is 18.6. The average Bonchev–Trinajstić information content (AvgIpc) is 3.15. The lowest BCUT2D eigenvalue weighted by atomic mass is 9.93. The van der Waals surface area contributed by atoms with Gasteiger partial charge in [0.2, 0.25) is 10.0 Å². The Bertz CT molecular complexity index is 1130. The SMILES string of the molecule is CCN(CC)c1cc(C(F)(F)F)cc(S(=O)(=O)N(C)[C@@H]2CCCc3c2cnn3CC(=O)O)c1. The predicted molar refractivity (Wildman–Crippen MR) is 115 cm³/mol. The highest BCUT2D eigenvalue weighted by molar-refractivity contribution is 7.89. The van der Waals surface area contributed by atoms with Gasteiger partial charge in [-0.15, -0.1) is 0 Å². The van der Waals surface area contributed by atoms with Gasteiger partial charge in [-0.1, -0.05) is 0 Å². The summed E-state index contributed by atoms with van der Waals surface area (Å²) in [5.74, 6) is -1.07. The molecule has 2 aromatic rings. The number of benzene rings is 1. The molecule has 1 atom stereocenters. The Labute approximate surface area is 190 Å². The number of sulfonamides is 1. The fourth-order valence-corrected chi connectivity index (χ4v) is 5.67. The van der Waals surface area contributed by atoms with Gasteiger partial charge >= 0.3 is 12.1 Å². The van der Waals surface area contributed by atoms with Crippen LogP contribution in [0, 0.1) is 0 Å². The summed E-state index contributed by atoms with van der Waals surface area (Å²) in [6.45, 7) is 4.05. The predicted octanol–water partition coefficient (Wildman–Crippen LogP) is 3.53. The van der Waals surface area contributed by atoms with E-state index < -0.39 is 38.7 Å². The van der Waals surface area contributed by atoms with Crippen LogP contribution in [-0.4, -0.2) is 53.7 Å². The van der Waals surface area contributed by atoms with Crippen LogP contribution in [0.25, 0.3) is 0 Å². The number of anilines is 1. The number of nitrogens with zero attached hydrogens (tertiary/aromatic N) is 4. The summed E-state index contributed by atoms with van der Waals surface area (Å²) in [6, 6.07) is 2.23. The van der Waals surface area contributed by atoms with Gasteiger partial charge in [-0.05, 0) is 51.3 Å². The largest absolute Gasteiger partial charge is 0.480 e. The zero-order valence-corrected chi connectivity index (χ0v) is 19.4. The van der Waals surface area contributed by atoms with E-state index in [-0.39, 0.29) is 12.2 Å². The van der Waals surface area contributed by atoms with Crippen LogP contribution in [0.2, 0.25) is 0 Å². The molecule has 1 aromatic heterocycles. The molecule has 0 radical (unpaired) electrons. The van der Waals surface area contributed by atoms with Crippen LogP contribution in [0.4, 0.5) is 18.9 Å². The maximum absolute atomic E-state index is 13.6. The highest BCUT2D eigenvalue weighted by Crippen LogP contribution is 2.39. The molecule has 1 aromatic carbocycles. The molecule has 1 aliphatic carbocycles. The van der Waals surface area contributed by atoms with Gasteiger partial charge in [0.05, 0.1) is 22.7 Å². The van der Waals surface area contributed by atoms with Gasteiger partial charge in [0, 0.05) is 37.1 Å². The van der Waals surface area contributed by atoms with Crippen LogP contribution < -0.4 is 4.90 Å². The van der Waals surface area contributed by atoms with Gasteiger partial charge in [-0.25, -0.2) is 8.42 Å². The van der Waals surface area contributed by atoms with Crippen molar-refractivity contribution in [3.63, 3.8) is 0 Å². The first-order valence-electron chi connectivity index (χ1n) is 10.6. The number of carboxylic acid groups (broad SMARTS) is 1. The minimum absolute atomic E-state index is 0.181. The molecule has 33 heavy (non-hydrogen) atoms. The molecular formula is C21H27F3N4O4S. The molecule has 0 bridgehead atoms. The van der Waals surface area contributed by atoms with Gasteiger partial charge in [0.1, 0.15) is 6.54 Å². The monoisotopic (exact) mass is 488 g/mol. The third-order valence-corrected chi connectivity index (χ3v) is 7.82. The van der Waals surface area contributed by atoms with E-state index in [9.17, 15) is 26.4 Å². The van der Waals surface area contributed by atoms with Crippen molar-refractivity contribution in [2.75, 3.05) is 25.0 Å². The molecule has 0 fully saturated rings. The van der Waals surface area contributed by atoms with Crippen molar-refractivity contribution in [3.8, 4) is 0 Å². The Balaban J connectivity index is 2.05.